The van der Waals surface area contributed by atoms with Crippen LogP contribution in [0.5, 0.6) is 0 Å². The molecule has 1 aliphatic rings. The summed E-state index contributed by atoms with van der Waals surface area (Å²) < 4.78 is 0. The number of aliphatic hydroxyl groups excluding tert-OH is 1. The molecule has 0 saturated carbocycles. The Morgan fingerprint density at radius 2 is 2.12 bits per heavy atom. The quantitative estimate of drug-likeness (QED) is 0.711. The lowest BCUT2D eigenvalue weighted by atomic mass is 10.3. The summed E-state index contributed by atoms with van der Waals surface area (Å²) in [7, 11) is 4.01. The van der Waals surface area contributed by atoms with E-state index in [0.717, 1.165) is 19.0 Å². The maximum absolute atomic E-state index is 9.48. The number of rotatable bonds is 4. The molecule has 0 fully saturated rings. The number of guanidine groups is 1. The van der Waals surface area contributed by atoms with Crippen LogP contribution in [0.1, 0.15) is 13.8 Å². The Hall–Kier alpha value is -1.23. The molecule has 0 aliphatic carbocycles. The molecule has 5 nitrogen and oxygen atoms in total. The van der Waals surface area contributed by atoms with Crippen molar-refractivity contribution in [3.8, 4) is 0 Å². The molecule has 1 aliphatic heterocycles. The standard InChI is InChI=1S/C11H22N4O/c1-5-6-14(3)7-8-15(4)11-12-9(2)10(16)13-11/h5-6,9-10,16H,7-8H2,1-4H3,(H,12,13)/b6-5+. The third-order valence-electron chi connectivity index (χ3n) is 2.61. The SMILES string of the molecule is C/C=C/N(C)CCN(C)C1=NC(O)C(C)N1. The van der Waals surface area contributed by atoms with Crippen molar-refractivity contribution in [1.82, 2.24) is 15.1 Å². The summed E-state index contributed by atoms with van der Waals surface area (Å²) in [6.07, 6.45) is 3.43. The summed E-state index contributed by atoms with van der Waals surface area (Å²) in [6, 6.07) is 0.00529. The van der Waals surface area contributed by atoms with E-state index >= 15 is 0 Å². The van der Waals surface area contributed by atoms with Crippen LogP contribution in [0.15, 0.2) is 17.3 Å². The number of nitrogens with one attached hydrogen (secondary N) is 1. The predicted molar refractivity (Wildman–Crippen MR) is 66.1 cm³/mol. The first-order chi connectivity index (χ1) is 7.54. The minimum Gasteiger partial charge on any atom is -0.379 e. The van der Waals surface area contributed by atoms with E-state index in [2.05, 4.69) is 15.2 Å². The van der Waals surface area contributed by atoms with E-state index in [-0.39, 0.29) is 6.04 Å². The van der Waals surface area contributed by atoms with Gasteiger partial charge in [-0.3, -0.25) is 0 Å². The van der Waals surface area contributed by atoms with Gasteiger partial charge in [0.25, 0.3) is 0 Å². The third-order valence-corrected chi connectivity index (χ3v) is 2.61. The first kappa shape index (κ1) is 12.8. The lowest BCUT2D eigenvalue weighted by molar-refractivity contribution is 0.165. The molecule has 0 aromatic heterocycles. The molecule has 0 aromatic rings. The van der Waals surface area contributed by atoms with Crippen molar-refractivity contribution >= 4 is 5.96 Å². The first-order valence-corrected chi connectivity index (χ1v) is 5.61. The zero-order valence-corrected chi connectivity index (χ0v) is 10.5. The molecule has 0 radical (unpaired) electrons. The first-order valence-electron chi connectivity index (χ1n) is 5.61. The summed E-state index contributed by atoms with van der Waals surface area (Å²) in [6.45, 7) is 5.71. The van der Waals surface area contributed by atoms with Crippen molar-refractivity contribution in [3.05, 3.63) is 12.3 Å². The van der Waals surface area contributed by atoms with Gasteiger partial charge in [0.2, 0.25) is 0 Å². The second-order valence-electron chi connectivity index (χ2n) is 4.18. The van der Waals surface area contributed by atoms with Gasteiger partial charge in [-0.05, 0) is 20.0 Å². The van der Waals surface area contributed by atoms with Crippen molar-refractivity contribution < 1.29 is 5.11 Å². The Bertz CT molecular complexity index is 277. The number of hydrogen-bond donors (Lipinski definition) is 2. The molecule has 2 unspecified atom stereocenters. The van der Waals surface area contributed by atoms with Crippen molar-refractivity contribution in [3.63, 3.8) is 0 Å². The number of nitrogens with zero attached hydrogens (tertiary/aromatic N) is 3. The van der Waals surface area contributed by atoms with Gasteiger partial charge in [-0.15, -0.1) is 0 Å². The maximum atomic E-state index is 9.48. The molecule has 1 heterocycles. The molecule has 2 N–H and O–H groups in total. The predicted octanol–water partition coefficient (Wildman–Crippen LogP) is 0.0497. The Kier molecular flexibility index (Phi) is 4.61. The van der Waals surface area contributed by atoms with Crippen LogP contribution in [-0.4, -0.2) is 60.3 Å². The summed E-state index contributed by atoms with van der Waals surface area (Å²) in [5.74, 6) is 0.772. The van der Waals surface area contributed by atoms with Gasteiger partial charge in [0, 0.05) is 27.2 Å². The Labute approximate surface area is 97.5 Å². The van der Waals surface area contributed by atoms with Gasteiger partial charge in [-0.25, -0.2) is 4.99 Å². The highest BCUT2D eigenvalue weighted by atomic mass is 16.3. The highest BCUT2D eigenvalue weighted by molar-refractivity contribution is 5.81. The van der Waals surface area contributed by atoms with E-state index < -0.39 is 6.23 Å². The molecular formula is C11H22N4O. The molecule has 0 amide bonds. The van der Waals surface area contributed by atoms with Gasteiger partial charge in [-0.1, -0.05) is 6.08 Å². The van der Waals surface area contributed by atoms with Crippen LogP contribution < -0.4 is 5.32 Å². The Balaban J connectivity index is 2.36. The van der Waals surface area contributed by atoms with Gasteiger partial charge in [0.15, 0.2) is 12.2 Å². The molecule has 0 aromatic carbocycles. The van der Waals surface area contributed by atoms with Crippen LogP contribution in [0.2, 0.25) is 0 Å². The maximum Gasteiger partial charge on any atom is 0.196 e. The van der Waals surface area contributed by atoms with Crippen LogP contribution in [0.4, 0.5) is 0 Å². The van der Waals surface area contributed by atoms with E-state index in [1.807, 2.05) is 45.1 Å². The van der Waals surface area contributed by atoms with E-state index in [4.69, 9.17) is 0 Å². The number of likely N-dealkylation sites (N-methyl/N-ethyl adjacent to an activating group) is 2. The van der Waals surface area contributed by atoms with Crippen molar-refractivity contribution in [2.75, 3.05) is 27.2 Å². The highest BCUT2D eigenvalue weighted by Crippen LogP contribution is 2.05. The second kappa shape index (κ2) is 5.75. The fourth-order valence-corrected chi connectivity index (χ4v) is 1.50. The van der Waals surface area contributed by atoms with Gasteiger partial charge < -0.3 is 20.2 Å². The van der Waals surface area contributed by atoms with Gasteiger partial charge in [0.05, 0.1) is 6.04 Å². The number of allylic oxidation sites excluding steroid dienone is 1. The Morgan fingerprint density at radius 1 is 1.44 bits per heavy atom. The average Bonchev–Trinajstić information content (AvgIpc) is 2.56. The fraction of sp³-hybridized carbons (Fsp3) is 0.727. The van der Waals surface area contributed by atoms with Crippen molar-refractivity contribution in [1.29, 1.82) is 0 Å². The number of hydrogen-bond acceptors (Lipinski definition) is 5. The summed E-state index contributed by atoms with van der Waals surface area (Å²) in [4.78, 5) is 8.28. The van der Waals surface area contributed by atoms with Crippen LogP contribution in [0.25, 0.3) is 0 Å². The molecule has 16 heavy (non-hydrogen) atoms. The molecule has 5 heteroatoms. The molecule has 0 saturated heterocycles. The second-order valence-corrected chi connectivity index (χ2v) is 4.18. The van der Waals surface area contributed by atoms with E-state index in [9.17, 15) is 5.11 Å². The summed E-state index contributed by atoms with van der Waals surface area (Å²) in [5, 5.41) is 12.6. The Morgan fingerprint density at radius 3 is 2.62 bits per heavy atom. The normalized spacial score (nSPS) is 24.4. The largest absolute Gasteiger partial charge is 0.379 e. The summed E-state index contributed by atoms with van der Waals surface area (Å²) >= 11 is 0. The van der Waals surface area contributed by atoms with Crippen molar-refractivity contribution in [2.24, 2.45) is 4.99 Å². The topological polar surface area (TPSA) is 51.1 Å². The lowest BCUT2D eigenvalue weighted by Gasteiger charge is -2.22. The van der Waals surface area contributed by atoms with E-state index in [1.165, 1.54) is 0 Å². The minimum atomic E-state index is -0.620. The monoisotopic (exact) mass is 226 g/mol. The summed E-state index contributed by atoms with van der Waals surface area (Å²) in [5.41, 5.74) is 0. The zero-order chi connectivity index (χ0) is 12.1. The van der Waals surface area contributed by atoms with E-state index in [0.29, 0.717) is 0 Å². The lowest BCUT2D eigenvalue weighted by Crippen LogP contribution is -2.42. The molecule has 92 valence electrons. The average molecular weight is 226 g/mol. The molecular weight excluding hydrogens is 204 g/mol. The third kappa shape index (κ3) is 3.41. The molecule has 2 atom stereocenters. The van der Waals surface area contributed by atoms with Crippen LogP contribution >= 0.6 is 0 Å². The minimum absolute atomic E-state index is 0.00529. The smallest absolute Gasteiger partial charge is 0.196 e. The number of aliphatic imine (C=N–C) groups is 1. The van der Waals surface area contributed by atoms with Crippen LogP contribution in [-0.2, 0) is 0 Å². The molecule has 1 rings (SSSR count). The van der Waals surface area contributed by atoms with E-state index in [1.54, 1.807) is 0 Å². The zero-order valence-electron chi connectivity index (χ0n) is 10.5. The number of aliphatic hydroxyl groups is 1. The van der Waals surface area contributed by atoms with Crippen LogP contribution in [0, 0.1) is 0 Å². The molecule has 0 bridgehead atoms. The van der Waals surface area contributed by atoms with Gasteiger partial charge in [-0.2, -0.15) is 0 Å². The van der Waals surface area contributed by atoms with Crippen molar-refractivity contribution in [2.45, 2.75) is 26.1 Å². The van der Waals surface area contributed by atoms with Gasteiger partial charge >= 0.3 is 0 Å². The van der Waals surface area contributed by atoms with Gasteiger partial charge in [0.1, 0.15) is 0 Å². The fourth-order valence-electron chi connectivity index (χ4n) is 1.50. The highest BCUT2D eigenvalue weighted by Gasteiger charge is 2.24. The molecule has 0 spiro atoms. The van der Waals surface area contributed by atoms with Crippen LogP contribution in [0.3, 0.4) is 0 Å².